The Kier molecular flexibility index (Phi) is 6.67. The molecule has 1 N–H and O–H groups in total. The van der Waals surface area contributed by atoms with Crippen molar-refractivity contribution in [3.05, 3.63) is 30.3 Å². The second-order valence-electron chi connectivity index (χ2n) is 4.57. The van der Waals surface area contributed by atoms with Gasteiger partial charge in [-0.15, -0.1) is 0 Å². The molecule has 0 saturated heterocycles. The van der Waals surface area contributed by atoms with E-state index in [0.29, 0.717) is 6.54 Å². The lowest BCUT2D eigenvalue weighted by molar-refractivity contribution is -0.137. The molecule has 0 aromatic heterocycles. The number of benzene rings is 1. The van der Waals surface area contributed by atoms with Gasteiger partial charge in [-0.1, -0.05) is 38.0 Å². The minimum absolute atomic E-state index is 0.0102. The highest BCUT2D eigenvalue weighted by Crippen LogP contribution is 2.16. The highest BCUT2D eigenvalue weighted by molar-refractivity contribution is 7.89. The van der Waals surface area contributed by atoms with E-state index in [-0.39, 0.29) is 17.9 Å². The molecule has 0 heterocycles. The lowest BCUT2D eigenvalue weighted by Crippen LogP contribution is -2.34. The van der Waals surface area contributed by atoms with Crippen LogP contribution in [0.4, 0.5) is 0 Å². The maximum Gasteiger partial charge on any atom is 0.304 e. The molecule has 0 amide bonds. The number of carboxylic acids is 1. The minimum atomic E-state index is -3.61. The first-order valence-electron chi connectivity index (χ1n) is 6.75. The van der Waals surface area contributed by atoms with E-state index < -0.39 is 16.0 Å². The predicted octanol–water partition coefficient (Wildman–Crippen LogP) is 2.34. The first-order chi connectivity index (χ1) is 9.48. The predicted molar refractivity (Wildman–Crippen MR) is 77.0 cm³/mol. The van der Waals surface area contributed by atoms with Crippen molar-refractivity contribution >= 4 is 16.0 Å². The maximum atomic E-state index is 12.5. The Morgan fingerprint density at radius 2 is 1.80 bits per heavy atom. The third kappa shape index (κ3) is 4.94. The normalized spacial score (nSPS) is 11.7. The first-order valence-corrected chi connectivity index (χ1v) is 8.19. The van der Waals surface area contributed by atoms with Gasteiger partial charge in [0.2, 0.25) is 10.0 Å². The van der Waals surface area contributed by atoms with Gasteiger partial charge < -0.3 is 5.11 Å². The number of sulfonamides is 1. The minimum Gasteiger partial charge on any atom is -0.481 e. The molecule has 0 saturated carbocycles. The van der Waals surface area contributed by atoms with Crippen molar-refractivity contribution in [3.63, 3.8) is 0 Å². The molecule has 0 radical (unpaired) electrons. The van der Waals surface area contributed by atoms with Crippen LogP contribution in [0.2, 0.25) is 0 Å². The van der Waals surface area contributed by atoms with Gasteiger partial charge in [0.1, 0.15) is 0 Å². The Morgan fingerprint density at radius 3 is 2.35 bits per heavy atom. The summed E-state index contributed by atoms with van der Waals surface area (Å²) in [4.78, 5) is 10.9. The number of carbonyl (C=O) groups is 1. The molecule has 1 aromatic carbocycles. The third-order valence-corrected chi connectivity index (χ3v) is 4.88. The van der Waals surface area contributed by atoms with E-state index in [1.165, 1.54) is 16.4 Å². The monoisotopic (exact) mass is 299 g/mol. The summed E-state index contributed by atoms with van der Waals surface area (Å²) in [6.07, 6.45) is 2.46. The van der Waals surface area contributed by atoms with Crippen molar-refractivity contribution < 1.29 is 18.3 Å². The summed E-state index contributed by atoms with van der Waals surface area (Å²) in [6.45, 7) is 2.40. The van der Waals surface area contributed by atoms with Crippen molar-refractivity contribution in [2.24, 2.45) is 0 Å². The molecule has 0 fully saturated rings. The van der Waals surface area contributed by atoms with Crippen LogP contribution in [-0.4, -0.2) is 36.9 Å². The molecular formula is C14H21NO4S. The molecule has 0 aliphatic heterocycles. The Balaban J connectivity index is 2.87. The van der Waals surface area contributed by atoms with Crippen LogP contribution in [0.3, 0.4) is 0 Å². The summed E-state index contributed by atoms with van der Waals surface area (Å²) in [5, 5.41) is 8.75. The van der Waals surface area contributed by atoms with Crippen LogP contribution in [-0.2, 0) is 14.8 Å². The van der Waals surface area contributed by atoms with Crippen molar-refractivity contribution in [2.45, 2.75) is 37.5 Å². The second kappa shape index (κ2) is 8.01. The fraction of sp³-hybridized carbons (Fsp3) is 0.500. The van der Waals surface area contributed by atoms with Gasteiger partial charge in [-0.25, -0.2) is 8.42 Å². The number of nitrogens with zero attached hydrogens (tertiary/aromatic N) is 1. The van der Waals surface area contributed by atoms with E-state index in [4.69, 9.17) is 5.11 Å². The van der Waals surface area contributed by atoms with E-state index >= 15 is 0 Å². The standard InChI is InChI=1S/C14H21NO4S/c1-2-3-7-11-15(12-10-14(16)17)20(18,19)13-8-5-4-6-9-13/h4-6,8-9H,2-3,7,10-12H2,1H3,(H,16,17). The lowest BCUT2D eigenvalue weighted by Gasteiger charge is -2.21. The topological polar surface area (TPSA) is 74.7 Å². The third-order valence-electron chi connectivity index (χ3n) is 2.97. The SMILES string of the molecule is CCCCCN(CCC(=O)O)S(=O)(=O)c1ccccc1. The molecule has 6 heteroatoms. The molecule has 0 spiro atoms. The second-order valence-corrected chi connectivity index (χ2v) is 6.51. The molecule has 1 rings (SSSR count). The molecule has 0 unspecified atom stereocenters. The van der Waals surface area contributed by atoms with Crippen molar-refractivity contribution in [1.82, 2.24) is 4.31 Å². The number of hydrogen-bond acceptors (Lipinski definition) is 3. The zero-order valence-electron chi connectivity index (χ0n) is 11.7. The Morgan fingerprint density at radius 1 is 1.15 bits per heavy atom. The van der Waals surface area contributed by atoms with Gasteiger partial charge in [0, 0.05) is 13.1 Å². The van der Waals surface area contributed by atoms with Gasteiger partial charge in [-0.2, -0.15) is 4.31 Å². The van der Waals surface area contributed by atoms with E-state index in [1.807, 2.05) is 6.92 Å². The van der Waals surface area contributed by atoms with Crippen LogP contribution < -0.4 is 0 Å². The molecule has 112 valence electrons. The Hall–Kier alpha value is -1.40. The van der Waals surface area contributed by atoms with Crippen LogP contribution in [0, 0.1) is 0 Å². The maximum absolute atomic E-state index is 12.5. The van der Waals surface area contributed by atoms with Gasteiger partial charge in [-0.05, 0) is 18.6 Å². The molecule has 0 bridgehead atoms. The molecule has 5 nitrogen and oxygen atoms in total. The number of rotatable bonds is 9. The summed E-state index contributed by atoms with van der Waals surface area (Å²) in [7, 11) is -3.61. The molecule has 20 heavy (non-hydrogen) atoms. The van der Waals surface area contributed by atoms with Gasteiger partial charge >= 0.3 is 5.97 Å². The quantitative estimate of drug-likeness (QED) is 0.710. The van der Waals surface area contributed by atoms with Crippen molar-refractivity contribution in [3.8, 4) is 0 Å². The number of unbranched alkanes of at least 4 members (excludes halogenated alkanes) is 2. The molecule has 0 aliphatic rings. The number of carboxylic acid groups (broad SMARTS) is 1. The fourth-order valence-electron chi connectivity index (χ4n) is 1.85. The highest BCUT2D eigenvalue weighted by Gasteiger charge is 2.24. The smallest absolute Gasteiger partial charge is 0.304 e. The molecule has 0 atom stereocenters. The van der Waals surface area contributed by atoms with E-state index in [9.17, 15) is 13.2 Å². The average Bonchev–Trinajstić information content (AvgIpc) is 2.43. The van der Waals surface area contributed by atoms with E-state index in [0.717, 1.165) is 19.3 Å². The molecular weight excluding hydrogens is 278 g/mol. The van der Waals surface area contributed by atoms with Gasteiger partial charge in [0.25, 0.3) is 0 Å². The summed E-state index contributed by atoms with van der Waals surface area (Å²) < 4.78 is 26.2. The largest absolute Gasteiger partial charge is 0.481 e. The zero-order valence-corrected chi connectivity index (χ0v) is 12.5. The molecule has 0 aliphatic carbocycles. The first kappa shape index (κ1) is 16.7. The Labute approximate surface area is 120 Å². The van der Waals surface area contributed by atoms with Crippen LogP contribution in [0.15, 0.2) is 35.2 Å². The summed E-state index contributed by atoms with van der Waals surface area (Å²) in [5.74, 6) is -0.992. The number of hydrogen-bond donors (Lipinski definition) is 1. The number of aliphatic carboxylic acids is 1. The molecule has 1 aromatic rings. The highest BCUT2D eigenvalue weighted by atomic mass is 32.2. The van der Waals surface area contributed by atoms with Crippen LogP contribution in [0.25, 0.3) is 0 Å². The van der Waals surface area contributed by atoms with Crippen molar-refractivity contribution in [1.29, 1.82) is 0 Å². The average molecular weight is 299 g/mol. The summed E-state index contributed by atoms with van der Waals surface area (Å²) in [6, 6.07) is 8.13. The van der Waals surface area contributed by atoms with Crippen LogP contribution in [0.1, 0.15) is 32.6 Å². The van der Waals surface area contributed by atoms with Gasteiger partial charge in [0.05, 0.1) is 11.3 Å². The van der Waals surface area contributed by atoms with E-state index in [1.54, 1.807) is 18.2 Å². The van der Waals surface area contributed by atoms with Crippen LogP contribution in [0.5, 0.6) is 0 Å². The Bertz CT molecular complexity index is 513. The van der Waals surface area contributed by atoms with Crippen molar-refractivity contribution in [2.75, 3.05) is 13.1 Å². The lowest BCUT2D eigenvalue weighted by atomic mass is 10.2. The van der Waals surface area contributed by atoms with Gasteiger partial charge in [0.15, 0.2) is 0 Å². The van der Waals surface area contributed by atoms with Crippen LogP contribution >= 0.6 is 0 Å². The fourth-order valence-corrected chi connectivity index (χ4v) is 3.35. The zero-order chi connectivity index (χ0) is 15.0. The summed E-state index contributed by atoms with van der Waals surface area (Å²) >= 11 is 0. The van der Waals surface area contributed by atoms with Gasteiger partial charge in [-0.3, -0.25) is 4.79 Å². The summed E-state index contributed by atoms with van der Waals surface area (Å²) in [5.41, 5.74) is 0. The van der Waals surface area contributed by atoms with E-state index in [2.05, 4.69) is 0 Å².